The first-order valence-corrected chi connectivity index (χ1v) is 14.7. The van der Waals surface area contributed by atoms with E-state index in [1.807, 2.05) is 0 Å². The smallest absolute Gasteiger partial charge is 0.261 e. The molecule has 4 rings (SSSR count). The van der Waals surface area contributed by atoms with Gasteiger partial charge in [-0.05, 0) is 79.6 Å². The quantitative estimate of drug-likeness (QED) is 0.406. The average molecular weight is 569 g/mol. The predicted molar refractivity (Wildman–Crippen MR) is 141 cm³/mol. The molecule has 0 unspecified atom stereocenters. The summed E-state index contributed by atoms with van der Waals surface area (Å²) in [4.78, 5) is 13.1. The van der Waals surface area contributed by atoms with E-state index in [9.17, 15) is 21.6 Å². The van der Waals surface area contributed by atoms with E-state index in [-0.39, 0.29) is 26.1 Å². The van der Waals surface area contributed by atoms with Crippen molar-refractivity contribution in [3.05, 3.63) is 82.3 Å². The lowest BCUT2D eigenvalue weighted by Gasteiger charge is -2.25. The maximum absolute atomic E-state index is 13.0. The summed E-state index contributed by atoms with van der Waals surface area (Å²) < 4.78 is 55.2. The van der Waals surface area contributed by atoms with Crippen LogP contribution in [0.3, 0.4) is 0 Å². The Morgan fingerprint density at radius 3 is 1.97 bits per heavy atom. The van der Waals surface area contributed by atoms with Crippen LogP contribution in [0, 0.1) is 0 Å². The number of hydrogen-bond donors (Lipinski definition) is 2. The van der Waals surface area contributed by atoms with Gasteiger partial charge in [0.25, 0.3) is 15.9 Å². The van der Waals surface area contributed by atoms with Crippen LogP contribution in [0.25, 0.3) is 0 Å². The fourth-order valence-electron chi connectivity index (χ4n) is 3.77. The predicted octanol–water partition coefficient (Wildman–Crippen LogP) is 5.22. The van der Waals surface area contributed by atoms with Gasteiger partial charge in [-0.15, -0.1) is 0 Å². The third-order valence-corrected chi connectivity index (χ3v) is 9.44. The van der Waals surface area contributed by atoms with Crippen LogP contribution < -0.4 is 10.0 Å². The van der Waals surface area contributed by atoms with Gasteiger partial charge in [0.2, 0.25) is 10.0 Å². The molecule has 8 nitrogen and oxygen atoms in total. The van der Waals surface area contributed by atoms with Crippen molar-refractivity contribution in [3.63, 3.8) is 0 Å². The molecule has 2 N–H and O–H groups in total. The summed E-state index contributed by atoms with van der Waals surface area (Å²) in [5.74, 6) is -0.627. The molecule has 3 aromatic carbocycles. The van der Waals surface area contributed by atoms with Crippen molar-refractivity contribution < 1.29 is 21.6 Å². The summed E-state index contributed by atoms with van der Waals surface area (Å²) in [7, 11) is -7.61. The van der Waals surface area contributed by atoms with Crippen LogP contribution in [0.1, 0.15) is 29.6 Å². The van der Waals surface area contributed by atoms with Crippen molar-refractivity contribution in [1.82, 2.24) is 4.31 Å². The molecule has 1 heterocycles. The largest absolute Gasteiger partial charge is 0.322 e. The Hall–Kier alpha value is -2.63. The number of rotatable bonds is 7. The van der Waals surface area contributed by atoms with Crippen molar-refractivity contribution in [2.75, 3.05) is 23.1 Å². The van der Waals surface area contributed by atoms with Gasteiger partial charge in [0.1, 0.15) is 0 Å². The number of nitrogens with one attached hydrogen (secondary N) is 2. The zero-order valence-electron chi connectivity index (χ0n) is 18.9. The van der Waals surface area contributed by atoms with E-state index in [4.69, 9.17) is 23.2 Å². The molecule has 0 aliphatic carbocycles. The second kappa shape index (κ2) is 10.8. The zero-order chi connectivity index (χ0) is 25.9. The number of benzene rings is 3. The van der Waals surface area contributed by atoms with Crippen molar-refractivity contribution in [1.29, 1.82) is 0 Å². The molecule has 0 atom stereocenters. The molecule has 0 aromatic heterocycles. The lowest BCUT2D eigenvalue weighted by atomic mass is 10.1. The Morgan fingerprint density at radius 2 is 1.33 bits per heavy atom. The summed E-state index contributed by atoms with van der Waals surface area (Å²) in [6, 6.07) is 15.6. The number of hydrogen-bond acceptors (Lipinski definition) is 5. The number of carbonyl (C=O) groups excluding carboxylic acids is 1. The van der Waals surface area contributed by atoms with Crippen molar-refractivity contribution >= 4 is 60.5 Å². The number of carbonyl (C=O) groups is 1. The summed E-state index contributed by atoms with van der Waals surface area (Å²) in [6.07, 6.45) is 2.67. The first-order chi connectivity index (χ1) is 17.1. The van der Waals surface area contributed by atoms with Crippen LogP contribution in [-0.2, 0) is 20.0 Å². The minimum atomic E-state index is -4.01. The summed E-state index contributed by atoms with van der Waals surface area (Å²) >= 11 is 11.9. The molecule has 0 saturated carbocycles. The van der Waals surface area contributed by atoms with E-state index < -0.39 is 26.0 Å². The molecule has 12 heteroatoms. The fraction of sp³-hybridized carbons (Fsp3) is 0.208. The minimum absolute atomic E-state index is 0.00921. The van der Waals surface area contributed by atoms with Crippen LogP contribution in [0.5, 0.6) is 0 Å². The second-order valence-corrected chi connectivity index (χ2v) is 12.7. The molecule has 0 bridgehead atoms. The molecule has 0 spiro atoms. The van der Waals surface area contributed by atoms with Gasteiger partial charge in [0, 0.05) is 28.8 Å². The molecule has 190 valence electrons. The van der Waals surface area contributed by atoms with Gasteiger partial charge in [-0.2, -0.15) is 4.31 Å². The molecule has 1 aliphatic heterocycles. The topological polar surface area (TPSA) is 113 Å². The molecule has 3 aromatic rings. The highest BCUT2D eigenvalue weighted by Crippen LogP contribution is 2.26. The lowest BCUT2D eigenvalue weighted by molar-refractivity contribution is 0.102. The SMILES string of the molecule is O=C(Nc1ccc(S(=O)(=O)N2CCCCC2)cc1)c1cc(Cl)ccc1NS(=O)(=O)c1ccc(Cl)cc1. The third-order valence-electron chi connectivity index (χ3n) is 5.66. The maximum atomic E-state index is 13.0. The first kappa shape index (κ1) is 26.4. The van der Waals surface area contributed by atoms with E-state index in [2.05, 4.69) is 10.0 Å². The molecule has 1 amide bonds. The van der Waals surface area contributed by atoms with Crippen LogP contribution in [0.4, 0.5) is 11.4 Å². The van der Waals surface area contributed by atoms with Gasteiger partial charge in [0.15, 0.2) is 0 Å². The van der Waals surface area contributed by atoms with E-state index in [0.29, 0.717) is 23.8 Å². The number of sulfonamides is 2. The molecule has 1 saturated heterocycles. The Morgan fingerprint density at radius 1 is 0.750 bits per heavy atom. The van der Waals surface area contributed by atoms with E-state index in [1.54, 1.807) is 0 Å². The van der Waals surface area contributed by atoms with Gasteiger partial charge in [0.05, 0.1) is 21.0 Å². The van der Waals surface area contributed by atoms with E-state index in [0.717, 1.165) is 19.3 Å². The van der Waals surface area contributed by atoms with Crippen molar-refractivity contribution in [2.45, 2.75) is 29.1 Å². The van der Waals surface area contributed by atoms with Crippen LogP contribution in [-0.4, -0.2) is 40.1 Å². The van der Waals surface area contributed by atoms with Gasteiger partial charge in [-0.3, -0.25) is 9.52 Å². The van der Waals surface area contributed by atoms with Crippen molar-refractivity contribution in [3.8, 4) is 0 Å². The fourth-order valence-corrected chi connectivity index (χ4v) is 6.67. The monoisotopic (exact) mass is 567 g/mol. The standard InChI is InChI=1S/C24H23Cl2N3O5S2/c25-17-4-9-20(10-5-17)35(31,32)28-23-13-6-18(26)16-22(23)24(30)27-19-7-11-21(12-8-19)36(33,34)29-14-2-1-3-15-29/h4-13,16,28H,1-3,14-15H2,(H,27,30). The Bertz CT molecular complexity index is 1470. The van der Waals surface area contributed by atoms with Gasteiger partial charge < -0.3 is 5.32 Å². The highest BCUT2D eigenvalue weighted by Gasteiger charge is 2.26. The molecular weight excluding hydrogens is 545 g/mol. The van der Waals surface area contributed by atoms with Crippen molar-refractivity contribution in [2.24, 2.45) is 0 Å². The Balaban J connectivity index is 1.54. The third kappa shape index (κ3) is 6.01. The van der Waals surface area contributed by atoms with Gasteiger partial charge >= 0.3 is 0 Å². The summed E-state index contributed by atoms with van der Waals surface area (Å²) in [5, 5.41) is 3.28. The van der Waals surface area contributed by atoms with E-state index >= 15 is 0 Å². The van der Waals surface area contributed by atoms with Crippen LogP contribution in [0.2, 0.25) is 10.0 Å². The highest BCUT2D eigenvalue weighted by atomic mass is 35.5. The average Bonchev–Trinajstić information content (AvgIpc) is 2.86. The second-order valence-electron chi connectivity index (χ2n) is 8.19. The number of piperidine rings is 1. The van der Waals surface area contributed by atoms with Crippen LogP contribution in [0.15, 0.2) is 76.5 Å². The number of amides is 1. The number of anilines is 2. The van der Waals surface area contributed by atoms with Gasteiger partial charge in [-0.1, -0.05) is 29.6 Å². The lowest BCUT2D eigenvalue weighted by Crippen LogP contribution is -2.35. The number of nitrogens with zero attached hydrogens (tertiary/aromatic N) is 1. The molecule has 1 aliphatic rings. The Kier molecular flexibility index (Phi) is 7.91. The molecular formula is C24H23Cl2N3O5S2. The Labute approximate surface area is 220 Å². The maximum Gasteiger partial charge on any atom is 0.261 e. The van der Waals surface area contributed by atoms with Gasteiger partial charge in [-0.25, -0.2) is 16.8 Å². The molecule has 0 radical (unpaired) electrons. The number of halogens is 2. The highest BCUT2D eigenvalue weighted by molar-refractivity contribution is 7.92. The molecule has 1 fully saturated rings. The zero-order valence-corrected chi connectivity index (χ0v) is 22.1. The van der Waals surface area contributed by atoms with E-state index in [1.165, 1.54) is 71.0 Å². The summed E-state index contributed by atoms with van der Waals surface area (Å²) in [6.45, 7) is 0.981. The first-order valence-electron chi connectivity index (χ1n) is 11.1. The minimum Gasteiger partial charge on any atom is -0.322 e. The molecule has 36 heavy (non-hydrogen) atoms. The normalized spacial score (nSPS) is 14.8. The summed E-state index contributed by atoms with van der Waals surface area (Å²) in [5.41, 5.74) is 0.352. The van der Waals surface area contributed by atoms with Crippen LogP contribution >= 0.6 is 23.2 Å².